The number of nitrogens with one attached hydrogen (secondary N) is 1. The van der Waals surface area contributed by atoms with Gasteiger partial charge in [-0.25, -0.2) is 4.68 Å². The van der Waals surface area contributed by atoms with Gasteiger partial charge in [-0.1, -0.05) is 39.5 Å². The topological polar surface area (TPSA) is 55.6 Å². The summed E-state index contributed by atoms with van der Waals surface area (Å²) in [6, 6.07) is 0. The van der Waals surface area contributed by atoms with Gasteiger partial charge in [-0.3, -0.25) is 0 Å². The van der Waals surface area contributed by atoms with Crippen LogP contribution in [0.2, 0.25) is 0 Å². The quantitative estimate of drug-likeness (QED) is 0.567. The van der Waals surface area contributed by atoms with Crippen molar-refractivity contribution in [1.29, 1.82) is 0 Å². The van der Waals surface area contributed by atoms with Gasteiger partial charge in [0.25, 0.3) is 0 Å². The molecule has 0 spiro atoms. The predicted molar refractivity (Wildman–Crippen MR) is 71.1 cm³/mol. The fourth-order valence-corrected chi connectivity index (χ4v) is 2.11. The van der Waals surface area contributed by atoms with Gasteiger partial charge in [0.15, 0.2) is 0 Å². The maximum absolute atomic E-state index is 4.04. The van der Waals surface area contributed by atoms with Crippen molar-refractivity contribution in [3.63, 3.8) is 0 Å². The molecule has 0 radical (unpaired) electrons. The first kappa shape index (κ1) is 14.4. The molecule has 1 aromatic rings. The van der Waals surface area contributed by atoms with Gasteiger partial charge < -0.3 is 5.32 Å². The van der Waals surface area contributed by atoms with Gasteiger partial charge in [0.2, 0.25) is 5.16 Å². The summed E-state index contributed by atoms with van der Waals surface area (Å²) in [5, 5.41) is 16.1. The van der Waals surface area contributed by atoms with Crippen LogP contribution in [0.1, 0.15) is 27.7 Å². The monoisotopic (exact) mass is 257 g/mol. The van der Waals surface area contributed by atoms with E-state index in [9.17, 15) is 0 Å². The summed E-state index contributed by atoms with van der Waals surface area (Å²) in [4.78, 5) is 0. The van der Waals surface area contributed by atoms with E-state index in [1.54, 1.807) is 11.8 Å². The minimum atomic E-state index is 0.657. The van der Waals surface area contributed by atoms with Crippen molar-refractivity contribution < 1.29 is 0 Å². The smallest absolute Gasteiger partial charge is 0.209 e. The van der Waals surface area contributed by atoms with E-state index in [-0.39, 0.29) is 0 Å². The lowest BCUT2D eigenvalue weighted by atomic mass is 10.2. The van der Waals surface area contributed by atoms with Crippen LogP contribution in [0.15, 0.2) is 5.16 Å². The van der Waals surface area contributed by atoms with Crippen molar-refractivity contribution in [3.8, 4) is 0 Å². The van der Waals surface area contributed by atoms with Crippen LogP contribution in [0, 0.1) is 11.8 Å². The SMILES string of the molecule is CC(C)CNCCn1nnnc1SCC(C)C. The molecule has 0 saturated carbocycles. The third-order valence-electron chi connectivity index (χ3n) is 2.10. The van der Waals surface area contributed by atoms with E-state index in [1.807, 2.05) is 4.68 Å². The molecule has 1 rings (SSSR count). The first-order valence-corrected chi connectivity index (χ1v) is 7.17. The van der Waals surface area contributed by atoms with Crippen LogP contribution in [0.3, 0.4) is 0 Å². The zero-order chi connectivity index (χ0) is 12.7. The molecule has 0 fully saturated rings. The lowest BCUT2D eigenvalue weighted by Gasteiger charge is -2.08. The molecule has 5 nitrogen and oxygen atoms in total. The van der Waals surface area contributed by atoms with Gasteiger partial charge >= 0.3 is 0 Å². The molecule has 17 heavy (non-hydrogen) atoms. The maximum atomic E-state index is 4.04. The molecule has 1 N–H and O–H groups in total. The average Bonchev–Trinajstić information content (AvgIpc) is 2.68. The minimum Gasteiger partial charge on any atom is -0.315 e. The zero-order valence-electron chi connectivity index (χ0n) is 11.2. The van der Waals surface area contributed by atoms with Crippen molar-refractivity contribution in [2.45, 2.75) is 39.4 Å². The molecule has 0 atom stereocenters. The predicted octanol–water partition coefficient (Wildman–Crippen LogP) is 1.67. The van der Waals surface area contributed by atoms with E-state index in [0.29, 0.717) is 11.8 Å². The van der Waals surface area contributed by atoms with Crippen molar-refractivity contribution in [2.75, 3.05) is 18.8 Å². The van der Waals surface area contributed by atoms with E-state index in [1.165, 1.54) is 0 Å². The van der Waals surface area contributed by atoms with E-state index in [0.717, 1.165) is 30.5 Å². The molecule has 0 aliphatic carbocycles. The number of aromatic nitrogens is 4. The van der Waals surface area contributed by atoms with Crippen LogP contribution in [0.5, 0.6) is 0 Å². The number of rotatable bonds is 8. The number of thioether (sulfide) groups is 1. The Morgan fingerprint density at radius 3 is 2.65 bits per heavy atom. The molecule has 6 heteroatoms. The molecule has 0 saturated heterocycles. The third kappa shape index (κ3) is 6.02. The lowest BCUT2D eigenvalue weighted by Crippen LogP contribution is -2.24. The highest BCUT2D eigenvalue weighted by Gasteiger charge is 2.07. The summed E-state index contributed by atoms with van der Waals surface area (Å²) in [6.07, 6.45) is 0. The van der Waals surface area contributed by atoms with Gasteiger partial charge in [-0.2, -0.15) is 0 Å². The average molecular weight is 257 g/mol. The van der Waals surface area contributed by atoms with Crippen LogP contribution in [0.25, 0.3) is 0 Å². The number of hydrogen-bond donors (Lipinski definition) is 1. The summed E-state index contributed by atoms with van der Waals surface area (Å²) in [5.74, 6) is 2.39. The Balaban J connectivity index is 2.30. The second-order valence-electron chi connectivity index (χ2n) is 4.99. The minimum absolute atomic E-state index is 0.657. The maximum Gasteiger partial charge on any atom is 0.209 e. The molecule has 1 heterocycles. The van der Waals surface area contributed by atoms with Crippen LogP contribution >= 0.6 is 11.8 Å². The molecule has 0 aliphatic heterocycles. The van der Waals surface area contributed by atoms with Gasteiger partial charge in [0, 0.05) is 12.3 Å². The highest BCUT2D eigenvalue weighted by molar-refractivity contribution is 7.99. The normalized spacial score (nSPS) is 11.6. The number of nitrogens with zero attached hydrogens (tertiary/aromatic N) is 4. The van der Waals surface area contributed by atoms with Crippen LogP contribution in [-0.4, -0.2) is 39.0 Å². The molecule has 0 amide bonds. The van der Waals surface area contributed by atoms with Crippen LogP contribution in [-0.2, 0) is 6.54 Å². The molecule has 0 bridgehead atoms. The summed E-state index contributed by atoms with van der Waals surface area (Å²) < 4.78 is 1.88. The van der Waals surface area contributed by atoms with Gasteiger partial charge in [-0.15, -0.1) is 5.10 Å². The Morgan fingerprint density at radius 2 is 2.00 bits per heavy atom. The Bertz CT molecular complexity index is 311. The van der Waals surface area contributed by atoms with Crippen molar-refractivity contribution in [2.24, 2.45) is 11.8 Å². The first-order valence-electron chi connectivity index (χ1n) is 6.19. The molecule has 0 aromatic carbocycles. The first-order chi connectivity index (χ1) is 8.09. The Hall–Kier alpha value is -0.620. The van der Waals surface area contributed by atoms with Crippen molar-refractivity contribution in [3.05, 3.63) is 0 Å². The summed E-state index contributed by atoms with van der Waals surface area (Å²) in [7, 11) is 0. The van der Waals surface area contributed by atoms with E-state index < -0.39 is 0 Å². The van der Waals surface area contributed by atoms with Crippen molar-refractivity contribution in [1.82, 2.24) is 25.5 Å². The van der Waals surface area contributed by atoms with Crippen molar-refractivity contribution >= 4 is 11.8 Å². The van der Waals surface area contributed by atoms with E-state index in [2.05, 4.69) is 48.5 Å². The second-order valence-corrected chi connectivity index (χ2v) is 5.97. The van der Waals surface area contributed by atoms with Gasteiger partial charge in [0.1, 0.15) is 0 Å². The molecular formula is C11H23N5S. The van der Waals surface area contributed by atoms with Crippen LogP contribution in [0.4, 0.5) is 0 Å². The van der Waals surface area contributed by atoms with Gasteiger partial charge in [-0.05, 0) is 28.8 Å². The molecule has 98 valence electrons. The summed E-state index contributed by atoms with van der Waals surface area (Å²) in [6.45, 7) is 11.6. The van der Waals surface area contributed by atoms with Crippen LogP contribution < -0.4 is 5.32 Å². The fraction of sp³-hybridized carbons (Fsp3) is 0.909. The Kier molecular flexibility index (Phi) is 6.50. The third-order valence-corrected chi connectivity index (χ3v) is 3.48. The highest BCUT2D eigenvalue weighted by atomic mass is 32.2. The molecule has 1 aromatic heterocycles. The molecule has 0 aliphatic rings. The largest absolute Gasteiger partial charge is 0.315 e. The second kappa shape index (κ2) is 7.66. The summed E-state index contributed by atoms with van der Waals surface area (Å²) in [5.41, 5.74) is 0. The zero-order valence-corrected chi connectivity index (χ0v) is 12.0. The fourth-order valence-electron chi connectivity index (χ4n) is 1.26. The Labute approximate surface area is 108 Å². The molecular weight excluding hydrogens is 234 g/mol. The number of tetrazole rings is 1. The number of hydrogen-bond acceptors (Lipinski definition) is 5. The van der Waals surface area contributed by atoms with E-state index in [4.69, 9.17) is 0 Å². The summed E-state index contributed by atoms with van der Waals surface area (Å²) >= 11 is 1.73. The van der Waals surface area contributed by atoms with E-state index >= 15 is 0 Å². The van der Waals surface area contributed by atoms with Gasteiger partial charge in [0.05, 0.1) is 6.54 Å². The Morgan fingerprint density at radius 1 is 1.24 bits per heavy atom. The standard InChI is InChI=1S/C11H23N5S/c1-9(2)7-12-5-6-16-11(13-14-15-16)17-8-10(3)4/h9-10,12H,5-8H2,1-4H3. The highest BCUT2D eigenvalue weighted by Crippen LogP contribution is 2.16. The molecule has 0 unspecified atom stereocenters. The lowest BCUT2D eigenvalue weighted by molar-refractivity contribution is 0.481.